The Labute approximate surface area is 121 Å². The molecule has 0 aliphatic heterocycles. The standard InChI is InChI=1S/C14H26N4O2/c1-10(2)9-18(8-7-16(4)5)13-12(14(19)20)11(3)15-17(13)6/h10H,7-9H2,1-6H3,(H,19,20). The van der Waals surface area contributed by atoms with Crippen molar-refractivity contribution in [3.8, 4) is 0 Å². The third-order valence-electron chi connectivity index (χ3n) is 3.11. The molecule has 0 fully saturated rings. The van der Waals surface area contributed by atoms with Gasteiger partial charge >= 0.3 is 5.97 Å². The number of hydrogen-bond acceptors (Lipinski definition) is 4. The molecule has 6 heteroatoms. The van der Waals surface area contributed by atoms with Crippen LogP contribution in [0.3, 0.4) is 0 Å². The van der Waals surface area contributed by atoms with Crippen molar-refractivity contribution in [1.29, 1.82) is 0 Å². The van der Waals surface area contributed by atoms with E-state index in [-0.39, 0.29) is 0 Å². The molecule has 0 aliphatic carbocycles. The van der Waals surface area contributed by atoms with Crippen molar-refractivity contribution in [3.63, 3.8) is 0 Å². The molecule has 0 unspecified atom stereocenters. The third-order valence-corrected chi connectivity index (χ3v) is 3.11. The molecule has 0 spiro atoms. The molecule has 114 valence electrons. The van der Waals surface area contributed by atoms with Crippen LogP contribution in [0.4, 0.5) is 5.82 Å². The number of likely N-dealkylation sites (N-methyl/N-ethyl adjacent to an activating group) is 1. The second-order valence-electron chi connectivity index (χ2n) is 5.86. The van der Waals surface area contributed by atoms with Gasteiger partial charge in [-0.2, -0.15) is 5.10 Å². The molecule has 0 aromatic carbocycles. The van der Waals surface area contributed by atoms with Crippen LogP contribution in [0.2, 0.25) is 0 Å². The first-order chi connectivity index (χ1) is 9.23. The zero-order valence-corrected chi connectivity index (χ0v) is 13.3. The Morgan fingerprint density at radius 3 is 2.40 bits per heavy atom. The number of carbonyl (C=O) groups is 1. The Hall–Kier alpha value is -1.56. The largest absolute Gasteiger partial charge is 0.477 e. The number of rotatable bonds is 7. The third kappa shape index (κ3) is 3.96. The predicted octanol–water partition coefficient (Wildman–Crippen LogP) is 1.45. The molecular weight excluding hydrogens is 256 g/mol. The van der Waals surface area contributed by atoms with Crippen LogP contribution in [0.25, 0.3) is 0 Å². The predicted molar refractivity (Wildman–Crippen MR) is 80.5 cm³/mol. The van der Waals surface area contributed by atoms with Gasteiger partial charge in [0.25, 0.3) is 0 Å². The summed E-state index contributed by atoms with van der Waals surface area (Å²) >= 11 is 0. The van der Waals surface area contributed by atoms with Crippen LogP contribution in [-0.2, 0) is 7.05 Å². The minimum Gasteiger partial charge on any atom is -0.477 e. The Morgan fingerprint density at radius 2 is 1.95 bits per heavy atom. The summed E-state index contributed by atoms with van der Waals surface area (Å²) in [6.45, 7) is 8.47. The van der Waals surface area contributed by atoms with Gasteiger partial charge in [-0.15, -0.1) is 0 Å². The maximum absolute atomic E-state index is 11.5. The Balaban J connectivity index is 3.15. The number of carboxylic acid groups (broad SMARTS) is 1. The van der Waals surface area contributed by atoms with Crippen molar-refractivity contribution < 1.29 is 9.90 Å². The molecule has 1 heterocycles. The van der Waals surface area contributed by atoms with E-state index < -0.39 is 5.97 Å². The van der Waals surface area contributed by atoms with Gasteiger partial charge < -0.3 is 14.9 Å². The Morgan fingerprint density at radius 1 is 1.35 bits per heavy atom. The number of aromatic carboxylic acids is 1. The van der Waals surface area contributed by atoms with Crippen LogP contribution in [0, 0.1) is 12.8 Å². The minimum absolute atomic E-state index is 0.312. The van der Waals surface area contributed by atoms with Crippen LogP contribution >= 0.6 is 0 Å². The molecule has 0 atom stereocenters. The molecule has 0 radical (unpaired) electrons. The number of aromatic nitrogens is 2. The van der Waals surface area contributed by atoms with E-state index in [1.807, 2.05) is 14.1 Å². The van der Waals surface area contributed by atoms with Crippen LogP contribution in [0.1, 0.15) is 29.9 Å². The summed E-state index contributed by atoms with van der Waals surface area (Å²) < 4.78 is 1.68. The first kappa shape index (κ1) is 16.5. The van der Waals surface area contributed by atoms with Gasteiger partial charge in [-0.1, -0.05) is 13.8 Å². The molecule has 1 aromatic heterocycles. The molecule has 1 aromatic rings. The maximum atomic E-state index is 11.5. The average Bonchev–Trinajstić information content (AvgIpc) is 2.58. The van der Waals surface area contributed by atoms with Crippen molar-refractivity contribution in [2.45, 2.75) is 20.8 Å². The highest BCUT2D eigenvalue weighted by atomic mass is 16.4. The maximum Gasteiger partial charge on any atom is 0.341 e. The summed E-state index contributed by atoms with van der Waals surface area (Å²) in [6, 6.07) is 0. The van der Waals surface area contributed by atoms with Crippen molar-refractivity contribution in [2.75, 3.05) is 38.6 Å². The van der Waals surface area contributed by atoms with Crippen molar-refractivity contribution in [1.82, 2.24) is 14.7 Å². The lowest BCUT2D eigenvalue weighted by Crippen LogP contribution is -2.36. The summed E-state index contributed by atoms with van der Waals surface area (Å²) in [5.41, 5.74) is 0.875. The summed E-state index contributed by atoms with van der Waals surface area (Å²) in [5.74, 6) is 0.240. The summed E-state index contributed by atoms with van der Waals surface area (Å²) in [7, 11) is 5.83. The zero-order chi connectivity index (χ0) is 15.4. The molecule has 1 rings (SSSR count). The van der Waals surface area contributed by atoms with Gasteiger partial charge in [0.1, 0.15) is 11.4 Å². The molecule has 1 N–H and O–H groups in total. The number of carboxylic acids is 1. The van der Waals surface area contributed by atoms with E-state index in [1.54, 1.807) is 18.7 Å². The second kappa shape index (κ2) is 6.74. The fourth-order valence-electron chi connectivity index (χ4n) is 2.30. The van der Waals surface area contributed by atoms with Gasteiger partial charge in [-0.3, -0.25) is 4.68 Å². The van der Waals surface area contributed by atoms with Crippen molar-refractivity contribution >= 4 is 11.8 Å². The summed E-state index contributed by atoms with van der Waals surface area (Å²) in [4.78, 5) is 15.7. The molecule has 0 saturated carbocycles. The van der Waals surface area contributed by atoms with Crippen molar-refractivity contribution in [2.24, 2.45) is 13.0 Å². The van der Waals surface area contributed by atoms with E-state index >= 15 is 0 Å². The average molecular weight is 282 g/mol. The lowest BCUT2D eigenvalue weighted by Gasteiger charge is -2.28. The van der Waals surface area contributed by atoms with Gasteiger partial charge in [0.05, 0.1) is 5.69 Å². The Bertz CT molecular complexity index is 466. The van der Waals surface area contributed by atoms with E-state index in [1.165, 1.54) is 0 Å². The van der Waals surface area contributed by atoms with Gasteiger partial charge in [-0.25, -0.2) is 4.79 Å². The fourth-order valence-corrected chi connectivity index (χ4v) is 2.30. The smallest absolute Gasteiger partial charge is 0.341 e. The lowest BCUT2D eigenvalue weighted by molar-refractivity contribution is 0.0696. The Kier molecular flexibility index (Phi) is 5.56. The number of hydrogen-bond donors (Lipinski definition) is 1. The highest BCUT2D eigenvalue weighted by Gasteiger charge is 2.24. The van der Waals surface area contributed by atoms with Gasteiger partial charge in [0.15, 0.2) is 0 Å². The van der Waals surface area contributed by atoms with E-state index in [0.717, 1.165) is 19.6 Å². The molecule has 20 heavy (non-hydrogen) atoms. The highest BCUT2D eigenvalue weighted by Crippen LogP contribution is 2.24. The number of anilines is 1. The zero-order valence-electron chi connectivity index (χ0n) is 13.3. The number of nitrogens with zero attached hydrogens (tertiary/aromatic N) is 4. The molecule has 0 amide bonds. The molecule has 6 nitrogen and oxygen atoms in total. The quantitative estimate of drug-likeness (QED) is 0.820. The second-order valence-corrected chi connectivity index (χ2v) is 5.86. The topological polar surface area (TPSA) is 61.6 Å². The summed E-state index contributed by atoms with van der Waals surface area (Å²) in [5, 5.41) is 13.7. The van der Waals surface area contributed by atoms with Gasteiger partial charge in [0.2, 0.25) is 0 Å². The lowest BCUT2D eigenvalue weighted by atomic mass is 10.1. The normalized spacial score (nSPS) is 11.4. The van der Waals surface area contributed by atoms with Crippen LogP contribution < -0.4 is 4.90 Å². The van der Waals surface area contributed by atoms with Crippen LogP contribution in [0.5, 0.6) is 0 Å². The molecule has 0 bridgehead atoms. The van der Waals surface area contributed by atoms with E-state index in [0.29, 0.717) is 23.0 Å². The van der Waals surface area contributed by atoms with Gasteiger partial charge in [-0.05, 0) is 26.9 Å². The van der Waals surface area contributed by atoms with E-state index in [2.05, 4.69) is 28.7 Å². The minimum atomic E-state index is -0.913. The monoisotopic (exact) mass is 282 g/mol. The SMILES string of the molecule is Cc1nn(C)c(N(CCN(C)C)CC(C)C)c1C(=O)O. The molecular formula is C14H26N4O2. The van der Waals surface area contributed by atoms with Crippen LogP contribution in [-0.4, -0.2) is 59.5 Å². The summed E-state index contributed by atoms with van der Waals surface area (Å²) in [6.07, 6.45) is 0. The van der Waals surface area contributed by atoms with Crippen molar-refractivity contribution in [3.05, 3.63) is 11.3 Å². The van der Waals surface area contributed by atoms with Crippen LogP contribution in [0.15, 0.2) is 0 Å². The number of aryl methyl sites for hydroxylation is 2. The molecule has 0 saturated heterocycles. The first-order valence-corrected chi connectivity index (χ1v) is 6.90. The first-order valence-electron chi connectivity index (χ1n) is 6.90. The molecule has 0 aliphatic rings. The fraction of sp³-hybridized carbons (Fsp3) is 0.714. The van der Waals surface area contributed by atoms with E-state index in [9.17, 15) is 9.90 Å². The highest BCUT2D eigenvalue weighted by molar-refractivity contribution is 5.94. The van der Waals surface area contributed by atoms with E-state index in [4.69, 9.17) is 0 Å². The van der Waals surface area contributed by atoms with Gasteiger partial charge in [0, 0.05) is 26.7 Å².